The van der Waals surface area contributed by atoms with Crippen LogP contribution >= 0.6 is 0 Å². The number of rotatable bonds is 3. The molecule has 0 aromatic carbocycles. The van der Waals surface area contributed by atoms with Gasteiger partial charge in [0.1, 0.15) is 0 Å². The van der Waals surface area contributed by atoms with Crippen LogP contribution in [0.5, 0.6) is 0 Å². The van der Waals surface area contributed by atoms with E-state index in [-0.39, 0.29) is 11.9 Å². The second kappa shape index (κ2) is 5.53. The van der Waals surface area contributed by atoms with Crippen molar-refractivity contribution in [2.24, 2.45) is 0 Å². The minimum Gasteiger partial charge on any atom is -0.349 e. The molecule has 1 aliphatic heterocycles. The van der Waals surface area contributed by atoms with E-state index in [9.17, 15) is 13.2 Å². The van der Waals surface area contributed by atoms with Crippen molar-refractivity contribution in [1.82, 2.24) is 19.8 Å². The van der Waals surface area contributed by atoms with Gasteiger partial charge in [0.05, 0.1) is 17.5 Å². The maximum absolute atomic E-state index is 12.2. The lowest BCUT2D eigenvalue weighted by atomic mass is 10.1. The quantitative estimate of drug-likeness (QED) is 0.832. The Morgan fingerprint density at radius 1 is 1.35 bits per heavy atom. The fraction of sp³-hybridized carbons (Fsp3) is 0.667. The summed E-state index contributed by atoms with van der Waals surface area (Å²) in [5.74, 6) is -0.147. The van der Waals surface area contributed by atoms with Crippen molar-refractivity contribution in [2.75, 3.05) is 19.3 Å². The number of sulfonamides is 1. The van der Waals surface area contributed by atoms with E-state index < -0.39 is 10.0 Å². The number of nitrogens with one attached hydrogen (secondary N) is 2. The summed E-state index contributed by atoms with van der Waals surface area (Å²) in [5.41, 5.74) is 2.00. The molecule has 0 saturated carbocycles. The maximum Gasteiger partial charge on any atom is 0.255 e. The molecule has 8 heteroatoms. The Hall–Kier alpha value is -1.41. The summed E-state index contributed by atoms with van der Waals surface area (Å²) in [5, 5.41) is 9.74. The minimum atomic E-state index is -3.13. The number of piperidine rings is 1. The molecule has 1 fully saturated rings. The van der Waals surface area contributed by atoms with Crippen LogP contribution in [0.1, 0.15) is 34.6 Å². The van der Waals surface area contributed by atoms with Crippen LogP contribution in [-0.4, -0.2) is 54.2 Å². The molecule has 2 heterocycles. The summed E-state index contributed by atoms with van der Waals surface area (Å²) in [7, 11) is -3.13. The van der Waals surface area contributed by atoms with Gasteiger partial charge < -0.3 is 5.32 Å². The van der Waals surface area contributed by atoms with Gasteiger partial charge in [0.25, 0.3) is 5.91 Å². The number of aryl methyl sites for hydroxylation is 2. The first-order valence-corrected chi connectivity index (χ1v) is 8.41. The van der Waals surface area contributed by atoms with Crippen LogP contribution in [-0.2, 0) is 10.0 Å². The Bertz CT molecular complexity index is 581. The molecular weight excluding hydrogens is 280 g/mol. The molecule has 1 amide bonds. The zero-order valence-corrected chi connectivity index (χ0v) is 12.7. The van der Waals surface area contributed by atoms with Crippen LogP contribution in [0.4, 0.5) is 0 Å². The fourth-order valence-corrected chi connectivity index (χ4v) is 3.35. The normalized spacial score (nSPS) is 18.1. The van der Waals surface area contributed by atoms with Crippen molar-refractivity contribution < 1.29 is 13.2 Å². The van der Waals surface area contributed by atoms with Gasteiger partial charge in [0.2, 0.25) is 10.0 Å². The van der Waals surface area contributed by atoms with Gasteiger partial charge in [-0.05, 0) is 26.7 Å². The van der Waals surface area contributed by atoms with Gasteiger partial charge in [-0.3, -0.25) is 9.89 Å². The Labute approximate surface area is 118 Å². The predicted molar refractivity (Wildman–Crippen MR) is 75.0 cm³/mol. The lowest BCUT2D eigenvalue weighted by Crippen LogP contribution is -2.46. The van der Waals surface area contributed by atoms with E-state index in [2.05, 4.69) is 15.5 Å². The van der Waals surface area contributed by atoms with Crippen molar-refractivity contribution in [2.45, 2.75) is 32.7 Å². The summed E-state index contributed by atoms with van der Waals surface area (Å²) in [6.07, 6.45) is 2.48. The summed E-state index contributed by atoms with van der Waals surface area (Å²) < 4.78 is 24.3. The van der Waals surface area contributed by atoms with Crippen LogP contribution in [0.3, 0.4) is 0 Å². The highest BCUT2D eigenvalue weighted by Gasteiger charge is 2.26. The van der Waals surface area contributed by atoms with Crippen LogP contribution in [0, 0.1) is 13.8 Å². The predicted octanol–water partition coefficient (Wildman–Crippen LogP) is 0.180. The molecule has 2 N–H and O–H groups in total. The summed E-state index contributed by atoms with van der Waals surface area (Å²) >= 11 is 0. The number of nitrogens with zero attached hydrogens (tertiary/aromatic N) is 2. The third-order valence-corrected chi connectivity index (χ3v) is 4.92. The lowest BCUT2D eigenvalue weighted by molar-refractivity contribution is 0.0923. The molecule has 0 aliphatic carbocycles. The standard InChI is InChI=1S/C12H20N4O3S/c1-8-11(9(2)15-14-8)12(17)13-10-4-6-16(7-5-10)20(3,18)19/h10H,4-7H2,1-3H3,(H,13,17)(H,14,15). The molecule has 0 radical (unpaired) electrons. The highest BCUT2D eigenvalue weighted by molar-refractivity contribution is 7.88. The van der Waals surface area contributed by atoms with Crippen molar-refractivity contribution in [1.29, 1.82) is 0 Å². The number of hydrogen-bond donors (Lipinski definition) is 2. The lowest BCUT2D eigenvalue weighted by Gasteiger charge is -2.30. The highest BCUT2D eigenvalue weighted by Crippen LogP contribution is 2.15. The second-order valence-electron chi connectivity index (χ2n) is 5.22. The second-order valence-corrected chi connectivity index (χ2v) is 7.20. The van der Waals surface area contributed by atoms with E-state index in [0.29, 0.717) is 37.2 Å². The molecule has 7 nitrogen and oxygen atoms in total. The molecule has 0 unspecified atom stereocenters. The molecule has 1 saturated heterocycles. The zero-order valence-electron chi connectivity index (χ0n) is 11.9. The molecule has 1 aliphatic rings. The first-order chi connectivity index (χ1) is 9.29. The van der Waals surface area contributed by atoms with E-state index >= 15 is 0 Å². The number of amides is 1. The van der Waals surface area contributed by atoms with E-state index in [1.165, 1.54) is 10.6 Å². The SMILES string of the molecule is Cc1n[nH]c(C)c1C(=O)NC1CCN(S(C)(=O)=O)CC1. The molecule has 1 aromatic rings. The average molecular weight is 300 g/mol. The van der Waals surface area contributed by atoms with Gasteiger partial charge in [0.15, 0.2) is 0 Å². The molecule has 0 bridgehead atoms. The smallest absolute Gasteiger partial charge is 0.255 e. The number of carbonyl (C=O) groups excluding carboxylic acids is 1. The Kier molecular flexibility index (Phi) is 4.14. The number of aromatic nitrogens is 2. The maximum atomic E-state index is 12.2. The summed E-state index contributed by atoms with van der Waals surface area (Å²) in [6, 6.07) is 0.00852. The van der Waals surface area contributed by atoms with Gasteiger partial charge >= 0.3 is 0 Å². The van der Waals surface area contributed by atoms with Crippen molar-refractivity contribution >= 4 is 15.9 Å². The monoisotopic (exact) mass is 300 g/mol. The van der Waals surface area contributed by atoms with Crippen molar-refractivity contribution in [3.8, 4) is 0 Å². The molecule has 1 aromatic heterocycles. The van der Waals surface area contributed by atoms with Crippen LogP contribution < -0.4 is 5.32 Å². The molecule has 112 valence electrons. The van der Waals surface area contributed by atoms with E-state index in [1.807, 2.05) is 0 Å². The molecule has 20 heavy (non-hydrogen) atoms. The zero-order chi connectivity index (χ0) is 14.9. The molecular formula is C12H20N4O3S. The Balaban J connectivity index is 1.95. The minimum absolute atomic E-state index is 0.00852. The van der Waals surface area contributed by atoms with Crippen molar-refractivity contribution in [3.63, 3.8) is 0 Å². The summed E-state index contributed by atoms with van der Waals surface area (Å²) in [4.78, 5) is 12.2. The first kappa shape index (κ1) is 15.0. The van der Waals surface area contributed by atoms with E-state index in [1.54, 1.807) is 13.8 Å². The Morgan fingerprint density at radius 3 is 2.40 bits per heavy atom. The van der Waals surface area contributed by atoms with Crippen LogP contribution in [0.25, 0.3) is 0 Å². The molecule has 0 atom stereocenters. The molecule has 0 spiro atoms. The van der Waals surface area contributed by atoms with E-state index in [0.717, 1.165) is 5.69 Å². The van der Waals surface area contributed by atoms with Gasteiger partial charge in [-0.2, -0.15) is 5.10 Å². The van der Waals surface area contributed by atoms with Crippen LogP contribution in [0.15, 0.2) is 0 Å². The Morgan fingerprint density at radius 2 is 1.95 bits per heavy atom. The number of carbonyl (C=O) groups is 1. The third-order valence-electron chi connectivity index (χ3n) is 3.61. The van der Waals surface area contributed by atoms with E-state index in [4.69, 9.17) is 0 Å². The van der Waals surface area contributed by atoms with Crippen molar-refractivity contribution in [3.05, 3.63) is 17.0 Å². The average Bonchev–Trinajstić information content (AvgIpc) is 2.68. The van der Waals surface area contributed by atoms with Gasteiger partial charge in [-0.15, -0.1) is 0 Å². The number of H-pyrrole nitrogens is 1. The largest absolute Gasteiger partial charge is 0.349 e. The molecule has 2 rings (SSSR count). The third kappa shape index (κ3) is 3.18. The summed E-state index contributed by atoms with van der Waals surface area (Å²) in [6.45, 7) is 4.49. The van der Waals surface area contributed by atoms with Gasteiger partial charge in [-0.25, -0.2) is 12.7 Å². The van der Waals surface area contributed by atoms with Crippen LogP contribution in [0.2, 0.25) is 0 Å². The van der Waals surface area contributed by atoms with Gasteiger partial charge in [0, 0.05) is 24.8 Å². The fourth-order valence-electron chi connectivity index (χ4n) is 2.47. The van der Waals surface area contributed by atoms with Gasteiger partial charge in [-0.1, -0.05) is 0 Å². The number of hydrogen-bond acceptors (Lipinski definition) is 4. The number of aromatic amines is 1. The highest BCUT2D eigenvalue weighted by atomic mass is 32.2. The topological polar surface area (TPSA) is 95.2 Å². The first-order valence-electron chi connectivity index (χ1n) is 6.56.